The van der Waals surface area contributed by atoms with Gasteiger partial charge in [-0.3, -0.25) is 9.59 Å². The lowest BCUT2D eigenvalue weighted by molar-refractivity contribution is -0.129. The minimum atomic E-state index is -0.577. The summed E-state index contributed by atoms with van der Waals surface area (Å²) in [6.07, 6.45) is 1.47. The first-order chi connectivity index (χ1) is 10.8. The van der Waals surface area contributed by atoms with E-state index < -0.39 is 5.41 Å². The molecule has 126 valence electrons. The van der Waals surface area contributed by atoms with Gasteiger partial charge in [0.25, 0.3) is 5.91 Å². The van der Waals surface area contributed by atoms with Crippen LogP contribution in [0.25, 0.3) is 0 Å². The van der Waals surface area contributed by atoms with E-state index in [0.29, 0.717) is 23.7 Å². The number of amides is 2. The molecule has 0 unspecified atom stereocenters. The van der Waals surface area contributed by atoms with Crippen LogP contribution in [0.1, 0.15) is 37.0 Å². The molecule has 1 aromatic carbocycles. The topological polar surface area (TPSA) is 49.4 Å². The third-order valence-corrected chi connectivity index (χ3v) is 5.17. The average molecular weight is 357 g/mol. The van der Waals surface area contributed by atoms with E-state index in [1.807, 2.05) is 13.8 Å². The Morgan fingerprint density at radius 1 is 1.26 bits per heavy atom. The van der Waals surface area contributed by atoms with Crippen molar-refractivity contribution in [3.63, 3.8) is 0 Å². The van der Waals surface area contributed by atoms with Crippen LogP contribution in [0.5, 0.6) is 0 Å². The van der Waals surface area contributed by atoms with Gasteiger partial charge in [0.2, 0.25) is 5.91 Å². The summed E-state index contributed by atoms with van der Waals surface area (Å²) in [6.45, 7) is 4.86. The highest BCUT2D eigenvalue weighted by molar-refractivity contribution is 6.33. The van der Waals surface area contributed by atoms with E-state index in [-0.39, 0.29) is 23.7 Å². The molecule has 2 rings (SSSR count). The number of nitrogens with one attached hydrogen (secondary N) is 1. The summed E-state index contributed by atoms with van der Waals surface area (Å²) in [4.78, 5) is 26.4. The normalized spacial score (nSPS) is 16.3. The maximum absolute atomic E-state index is 12.5. The Kier molecular flexibility index (Phi) is 5.93. The summed E-state index contributed by atoms with van der Waals surface area (Å²) in [5.41, 5.74) is -0.0496. The summed E-state index contributed by atoms with van der Waals surface area (Å²) in [5, 5.41) is 3.50. The van der Waals surface area contributed by atoms with Gasteiger partial charge in [-0.2, -0.15) is 0 Å². The van der Waals surface area contributed by atoms with Crippen molar-refractivity contribution >= 4 is 35.0 Å². The fourth-order valence-corrected chi connectivity index (χ4v) is 2.81. The van der Waals surface area contributed by atoms with E-state index in [4.69, 9.17) is 23.2 Å². The van der Waals surface area contributed by atoms with Crippen LogP contribution in [0, 0.1) is 5.41 Å². The number of piperidine rings is 1. The first-order valence-corrected chi connectivity index (χ1v) is 8.67. The molecule has 1 aliphatic rings. The van der Waals surface area contributed by atoms with E-state index >= 15 is 0 Å². The minimum absolute atomic E-state index is 0.0385. The van der Waals surface area contributed by atoms with Crippen molar-refractivity contribution in [1.29, 1.82) is 0 Å². The summed E-state index contributed by atoms with van der Waals surface area (Å²) in [5.74, 6) is 0.188. The molecule has 2 amide bonds. The maximum atomic E-state index is 12.5. The summed E-state index contributed by atoms with van der Waals surface area (Å²) in [7, 11) is 0. The van der Waals surface area contributed by atoms with E-state index in [0.717, 1.165) is 12.8 Å². The van der Waals surface area contributed by atoms with Gasteiger partial charge in [-0.05, 0) is 38.8 Å². The number of likely N-dealkylation sites (tertiary alicyclic amines) is 1. The van der Waals surface area contributed by atoms with Gasteiger partial charge in [0.15, 0.2) is 0 Å². The smallest absolute Gasteiger partial charge is 0.255 e. The monoisotopic (exact) mass is 356 g/mol. The Bertz CT molecular complexity index is 582. The van der Waals surface area contributed by atoms with E-state index in [9.17, 15) is 9.59 Å². The van der Waals surface area contributed by atoms with Crippen LogP contribution in [-0.4, -0.2) is 41.7 Å². The van der Waals surface area contributed by atoms with Gasteiger partial charge in [-0.25, -0.2) is 0 Å². The van der Waals surface area contributed by atoms with Crippen LogP contribution >= 0.6 is 23.2 Å². The lowest BCUT2D eigenvalue weighted by Gasteiger charge is -2.34. The molecule has 1 N–H and O–H groups in total. The number of rotatable bonds is 4. The molecule has 1 heterocycles. The van der Waals surface area contributed by atoms with Crippen molar-refractivity contribution in [1.82, 2.24) is 10.2 Å². The van der Waals surface area contributed by atoms with Crippen molar-refractivity contribution in [2.75, 3.05) is 19.0 Å². The molecule has 0 aliphatic carbocycles. The van der Waals surface area contributed by atoms with Gasteiger partial charge < -0.3 is 10.2 Å². The van der Waals surface area contributed by atoms with Crippen molar-refractivity contribution in [3.8, 4) is 0 Å². The van der Waals surface area contributed by atoms with Crippen LogP contribution in [0.15, 0.2) is 24.3 Å². The fraction of sp³-hybridized carbons (Fsp3) is 0.529. The molecule has 0 radical (unpaired) electrons. The van der Waals surface area contributed by atoms with Crippen LogP contribution in [0.4, 0.5) is 0 Å². The summed E-state index contributed by atoms with van der Waals surface area (Å²) >= 11 is 11.9. The number of benzene rings is 1. The van der Waals surface area contributed by atoms with Gasteiger partial charge in [0.05, 0.1) is 16.0 Å². The Morgan fingerprint density at radius 2 is 1.87 bits per heavy atom. The minimum Gasteiger partial charge on any atom is -0.353 e. The Balaban J connectivity index is 1.90. The molecule has 1 saturated heterocycles. The van der Waals surface area contributed by atoms with Gasteiger partial charge in [-0.15, -0.1) is 11.6 Å². The summed E-state index contributed by atoms with van der Waals surface area (Å²) < 4.78 is 0. The Morgan fingerprint density at radius 3 is 2.43 bits per heavy atom. The van der Waals surface area contributed by atoms with Crippen LogP contribution < -0.4 is 5.32 Å². The van der Waals surface area contributed by atoms with Gasteiger partial charge >= 0.3 is 0 Å². The molecule has 4 nitrogen and oxygen atoms in total. The predicted molar refractivity (Wildman–Crippen MR) is 93.0 cm³/mol. The Hall–Kier alpha value is -1.26. The number of hydrogen-bond donors (Lipinski definition) is 1. The van der Waals surface area contributed by atoms with Crippen LogP contribution in [0.2, 0.25) is 5.02 Å². The molecule has 23 heavy (non-hydrogen) atoms. The first-order valence-electron chi connectivity index (χ1n) is 7.76. The molecule has 1 fully saturated rings. The standard InChI is InChI=1S/C17H22Cl2N2O2/c1-17(2,11-18)16(23)20-12-7-9-21(10-8-12)15(22)13-5-3-4-6-14(13)19/h3-6,12H,7-11H2,1-2H3,(H,20,23). The predicted octanol–water partition coefficient (Wildman–Crippen LogP) is 3.33. The van der Waals surface area contributed by atoms with E-state index in [2.05, 4.69) is 5.32 Å². The molecule has 0 atom stereocenters. The quantitative estimate of drug-likeness (QED) is 0.841. The summed E-state index contributed by atoms with van der Waals surface area (Å²) in [6, 6.07) is 7.15. The molecule has 1 aromatic rings. The second-order valence-electron chi connectivity index (χ2n) is 6.54. The van der Waals surface area contributed by atoms with Gasteiger partial charge in [0, 0.05) is 25.0 Å². The Labute approximate surface area is 147 Å². The number of carbonyl (C=O) groups is 2. The first kappa shape index (κ1) is 18.1. The second kappa shape index (κ2) is 7.54. The molecular weight excluding hydrogens is 335 g/mol. The van der Waals surface area contributed by atoms with Crippen molar-refractivity contribution in [2.45, 2.75) is 32.7 Å². The van der Waals surface area contributed by atoms with Gasteiger partial charge in [-0.1, -0.05) is 23.7 Å². The number of alkyl halides is 1. The number of halogens is 2. The van der Waals surface area contributed by atoms with E-state index in [1.165, 1.54) is 0 Å². The molecule has 0 saturated carbocycles. The van der Waals surface area contributed by atoms with Crippen LogP contribution in [-0.2, 0) is 4.79 Å². The molecular formula is C17H22Cl2N2O2. The second-order valence-corrected chi connectivity index (χ2v) is 7.21. The number of nitrogens with zero attached hydrogens (tertiary/aromatic N) is 1. The lowest BCUT2D eigenvalue weighted by atomic mass is 9.93. The molecule has 0 spiro atoms. The zero-order chi connectivity index (χ0) is 17.0. The van der Waals surface area contributed by atoms with Crippen molar-refractivity contribution < 1.29 is 9.59 Å². The zero-order valence-electron chi connectivity index (χ0n) is 13.4. The maximum Gasteiger partial charge on any atom is 0.255 e. The van der Waals surface area contributed by atoms with Crippen LogP contribution in [0.3, 0.4) is 0 Å². The van der Waals surface area contributed by atoms with E-state index in [1.54, 1.807) is 29.2 Å². The molecule has 6 heteroatoms. The largest absolute Gasteiger partial charge is 0.353 e. The average Bonchev–Trinajstić information content (AvgIpc) is 2.55. The number of hydrogen-bond acceptors (Lipinski definition) is 2. The molecule has 1 aliphatic heterocycles. The molecule has 0 aromatic heterocycles. The highest BCUT2D eigenvalue weighted by Gasteiger charge is 2.31. The zero-order valence-corrected chi connectivity index (χ0v) is 15.0. The lowest BCUT2D eigenvalue weighted by Crippen LogP contribution is -2.49. The van der Waals surface area contributed by atoms with Gasteiger partial charge in [0.1, 0.15) is 0 Å². The molecule has 0 bridgehead atoms. The fourth-order valence-electron chi connectivity index (χ4n) is 2.47. The van der Waals surface area contributed by atoms with Crippen molar-refractivity contribution in [2.24, 2.45) is 5.41 Å². The third kappa shape index (κ3) is 4.39. The SMILES string of the molecule is CC(C)(CCl)C(=O)NC1CCN(C(=O)c2ccccc2Cl)CC1. The number of carbonyl (C=O) groups excluding carboxylic acids is 2. The van der Waals surface area contributed by atoms with Crippen molar-refractivity contribution in [3.05, 3.63) is 34.9 Å². The third-order valence-electron chi connectivity index (χ3n) is 4.17. The highest BCUT2D eigenvalue weighted by Crippen LogP contribution is 2.21. The highest BCUT2D eigenvalue weighted by atomic mass is 35.5.